The van der Waals surface area contributed by atoms with E-state index in [1.54, 1.807) is 6.92 Å². The maximum absolute atomic E-state index is 13.7. The van der Waals surface area contributed by atoms with E-state index in [1.165, 1.54) is 0 Å². The molecule has 0 aromatic heterocycles. The summed E-state index contributed by atoms with van der Waals surface area (Å²) in [6, 6.07) is 10.1. The molecule has 3 heteroatoms. The summed E-state index contributed by atoms with van der Waals surface area (Å²) in [5.74, 6) is 2.16. The van der Waals surface area contributed by atoms with Gasteiger partial charge >= 0.3 is 0 Å². The Morgan fingerprint density at radius 1 is 1.00 bits per heavy atom. The zero-order valence-electron chi connectivity index (χ0n) is 18.7. The van der Waals surface area contributed by atoms with Crippen LogP contribution in [0.3, 0.4) is 0 Å². The molecular weight excluding hydrogens is 372 g/mol. The van der Waals surface area contributed by atoms with Crippen molar-refractivity contribution in [1.82, 2.24) is 0 Å². The molecule has 2 unspecified atom stereocenters. The third-order valence-electron chi connectivity index (χ3n) is 10.2. The molecule has 3 nitrogen and oxygen atoms in total. The van der Waals surface area contributed by atoms with Gasteiger partial charge in [0, 0.05) is 18.3 Å². The van der Waals surface area contributed by atoms with Crippen molar-refractivity contribution in [3.63, 3.8) is 0 Å². The first-order chi connectivity index (χ1) is 14.2. The molecule has 4 aliphatic carbocycles. The molecule has 4 saturated carbocycles. The Morgan fingerprint density at radius 2 is 1.73 bits per heavy atom. The van der Waals surface area contributed by atoms with Crippen LogP contribution < -0.4 is 0 Å². The smallest absolute Gasteiger partial charge is 0.137 e. The first-order valence-electron chi connectivity index (χ1n) is 12.0. The van der Waals surface area contributed by atoms with Crippen LogP contribution in [0.1, 0.15) is 77.7 Å². The SMILES string of the molecule is CC(=O)[C@H]1CC[C@H]2[C@@H]3CCC4CC(O)(c5ccccc5)CC[C@]4(C)[C@H]3C(=O)C[C@]12C. The third kappa shape index (κ3) is 2.73. The van der Waals surface area contributed by atoms with Crippen LogP contribution in [0.5, 0.6) is 0 Å². The topological polar surface area (TPSA) is 54.4 Å². The zero-order valence-corrected chi connectivity index (χ0v) is 18.7. The lowest BCUT2D eigenvalue weighted by atomic mass is 9.43. The quantitative estimate of drug-likeness (QED) is 0.722. The Kier molecular flexibility index (Phi) is 4.60. The molecule has 8 atom stereocenters. The molecule has 0 heterocycles. The summed E-state index contributed by atoms with van der Waals surface area (Å²) in [5, 5.41) is 11.5. The lowest BCUT2D eigenvalue weighted by molar-refractivity contribution is -0.171. The molecule has 0 amide bonds. The highest BCUT2D eigenvalue weighted by molar-refractivity contribution is 5.87. The molecule has 1 N–H and O–H groups in total. The van der Waals surface area contributed by atoms with Crippen LogP contribution >= 0.6 is 0 Å². The monoisotopic (exact) mass is 408 g/mol. The number of hydrogen-bond acceptors (Lipinski definition) is 3. The van der Waals surface area contributed by atoms with E-state index in [2.05, 4.69) is 13.8 Å². The maximum atomic E-state index is 13.7. The van der Waals surface area contributed by atoms with Crippen molar-refractivity contribution in [1.29, 1.82) is 0 Å². The van der Waals surface area contributed by atoms with Gasteiger partial charge in [0.05, 0.1) is 5.60 Å². The second kappa shape index (κ2) is 6.76. The van der Waals surface area contributed by atoms with E-state index >= 15 is 0 Å². The number of carbonyl (C=O) groups excluding carboxylic acids is 2. The van der Waals surface area contributed by atoms with Crippen LogP contribution in [0.25, 0.3) is 0 Å². The molecule has 0 spiro atoms. The Hall–Kier alpha value is -1.48. The molecule has 0 bridgehead atoms. The number of rotatable bonds is 2. The second-order valence-corrected chi connectivity index (χ2v) is 11.5. The molecule has 0 radical (unpaired) electrons. The van der Waals surface area contributed by atoms with Gasteiger partial charge in [0.2, 0.25) is 0 Å². The van der Waals surface area contributed by atoms with Gasteiger partial charge in [-0.1, -0.05) is 44.2 Å². The van der Waals surface area contributed by atoms with Gasteiger partial charge in [0.15, 0.2) is 0 Å². The normalized spacial score (nSPS) is 47.9. The summed E-state index contributed by atoms with van der Waals surface area (Å²) in [6.07, 6.45) is 7.22. The molecule has 1 aromatic rings. The van der Waals surface area contributed by atoms with E-state index in [4.69, 9.17) is 0 Å². The summed E-state index contributed by atoms with van der Waals surface area (Å²) in [4.78, 5) is 26.0. The minimum Gasteiger partial charge on any atom is -0.385 e. The van der Waals surface area contributed by atoms with Gasteiger partial charge in [-0.2, -0.15) is 0 Å². The minimum atomic E-state index is -0.766. The number of carbonyl (C=O) groups is 2. The predicted octanol–water partition coefficient (Wildman–Crippen LogP) is 5.30. The van der Waals surface area contributed by atoms with Gasteiger partial charge in [-0.05, 0) is 86.0 Å². The second-order valence-electron chi connectivity index (χ2n) is 11.5. The summed E-state index contributed by atoms with van der Waals surface area (Å²) < 4.78 is 0. The van der Waals surface area contributed by atoms with Crippen molar-refractivity contribution in [2.75, 3.05) is 0 Å². The Morgan fingerprint density at radius 3 is 2.43 bits per heavy atom. The fourth-order valence-corrected chi connectivity index (χ4v) is 8.74. The van der Waals surface area contributed by atoms with Crippen LogP contribution in [-0.4, -0.2) is 16.7 Å². The predicted molar refractivity (Wildman–Crippen MR) is 117 cm³/mol. The van der Waals surface area contributed by atoms with Crippen LogP contribution in [0.4, 0.5) is 0 Å². The van der Waals surface area contributed by atoms with E-state index in [9.17, 15) is 14.7 Å². The Bertz CT molecular complexity index is 862. The highest BCUT2D eigenvalue weighted by atomic mass is 16.3. The Labute approximate surface area is 180 Å². The molecule has 1 aromatic carbocycles. The molecule has 5 rings (SSSR count). The van der Waals surface area contributed by atoms with Gasteiger partial charge in [0.25, 0.3) is 0 Å². The van der Waals surface area contributed by atoms with Crippen LogP contribution in [0, 0.1) is 40.4 Å². The number of Topliss-reactive ketones (excluding diaryl/α,β-unsaturated/α-hetero) is 2. The summed E-state index contributed by atoms with van der Waals surface area (Å²) in [6.45, 7) is 6.30. The zero-order chi connectivity index (χ0) is 21.3. The van der Waals surface area contributed by atoms with Gasteiger partial charge in [0.1, 0.15) is 11.6 Å². The van der Waals surface area contributed by atoms with Crippen molar-refractivity contribution >= 4 is 11.6 Å². The maximum Gasteiger partial charge on any atom is 0.137 e. The molecule has 4 aliphatic rings. The van der Waals surface area contributed by atoms with E-state index in [-0.39, 0.29) is 28.4 Å². The first kappa shape index (κ1) is 20.4. The lowest BCUT2D eigenvalue weighted by Crippen LogP contribution is -2.59. The van der Waals surface area contributed by atoms with E-state index in [0.29, 0.717) is 30.0 Å². The Balaban J connectivity index is 1.44. The van der Waals surface area contributed by atoms with E-state index in [0.717, 1.165) is 50.5 Å². The summed E-state index contributed by atoms with van der Waals surface area (Å²) >= 11 is 0. The fraction of sp³-hybridized carbons (Fsp3) is 0.704. The average Bonchev–Trinajstić information content (AvgIpc) is 3.06. The number of aliphatic hydroxyl groups is 1. The molecule has 0 aliphatic heterocycles. The minimum absolute atomic E-state index is 0.0172. The molecular formula is C27H36O3. The average molecular weight is 409 g/mol. The van der Waals surface area contributed by atoms with Gasteiger partial charge in [-0.3, -0.25) is 9.59 Å². The first-order valence-corrected chi connectivity index (χ1v) is 12.0. The third-order valence-corrected chi connectivity index (χ3v) is 10.2. The van der Waals surface area contributed by atoms with E-state index in [1.807, 2.05) is 30.3 Å². The van der Waals surface area contributed by atoms with Gasteiger partial charge < -0.3 is 5.11 Å². The van der Waals surface area contributed by atoms with E-state index < -0.39 is 5.60 Å². The molecule has 30 heavy (non-hydrogen) atoms. The standard InChI is InChI=1S/C27H36O3/c1-17(28)21-11-12-22-20-10-9-19-15-27(30,18-7-5-4-6-8-18)14-13-25(19,2)24(20)23(29)16-26(21,22)3/h4-8,19-22,24,30H,9-16H2,1-3H3/t19?,20-,21+,22-,24+,25-,26+,27?/m0/s1. The number of hydrogen-bond donors (Lipinski definition) is 1. The molecule has 162 valence electrons. The van der Waals surface area contributed by atoms with Crippen LogP contribution in [0.2, 0.25) is 0 Å². The number of ketones is 2. The van der Waals surface area contributed by atoms with Gasteiger partial charge in [-0.25, -0.2) is 0 Å². The van der Waals surface area contributed by atoms with Crippen molar-refractivity contribution < 1.29 is 14.7 Å². The van der Waals surface area contributed by atoms with Crippen molar-refractivity contribution in [3.8, 4) is 0 Å². The summed E-state index contributed by atoms with van der Waals surface area (Å²) in [5.41, 5.74) is 0.109. The van der Waals surface area contributed by atoms with Crippen LogP contribution in [-0.2, 0) is 15.2 Å². The van der Waals surface area contributed by atoms with Gasteiger partial charge in [-0.15, -0.1) is 0 Å². The number of benzene rings is 1. The van der Waals surface area contributed by atoms with Crippen molar-refractivity contribution in [3.05, 3.63) is 35.9 Å². The number of fused-ring (bicyclic) bond motifs is 5. The molecule has 0 saturated heterocycles. The highest BCUT2D eigenvalue weighted by Gasteiger charge is 2.64. The van der Waals surface area contributed by atoms with Crippen LogP contribution in [0.15, 0.2) is 30.3 Å². The summed E-state index contributed by atoms with van der Waals surface area (Å²) in [7, 11) is 0. The lowest BCUT2D eigenvalue weighted by Gasteiger charge is -2.61. The van der Waals surface area contributed by atoms with Crippen molar-refractivity contribution in [2.45, 2.75) is 77.7 Å². The molecule has 4 fully saturated rings. The largest absolute Gasteiger partial charge is 0.385 e. The van der Waals surface area contributed by atoms with Crippen molar-refractivity contribution in [2.24, 2.45) is 40.4 Å². The highest BCUT2D eigenvalue weighted by Crippen LogP contribution is 2.67. The fourth-order valence-electron chi connectivity index (χ4n) is 8.74.